The Morgan fingerprint density at radius 2 is 2.06 bits per heavy atom. The molecule has 0 saturated heterocycles. The van der Waals surface area contributed by atoms with Crippen LogP contribution in [0.4, 0.5) is 0 Å². The maximum atomic E-state index is 12.3. The monoisotopic (exact) mass is 287 g/mol. The van der Waals surface area contributed by atoms with Gasteiger partial charge in [-0.3, -0.25) is 0 Å². The van der Waals surface area contributed by atoms with Gasteiger partial charge in [-0.2, -0.15) is 0 Å². The molecule has 0 amide bonds. The van der Waals surface area contributed by atoms with Crippen molar-refractivity contribution in [1.82, 2.24) is 5.32 Å². The van der Waals surface area contributed by atoms with E-state index in [9.17, 15) is 8.42 Å². The predicted molar refractivity (Wildman–Crippen MR) is 73.7 cm³/mol. The Labute approximate surface area is 113 Å². The average molecular weight is 288 g/mol. The molecule has 0 spiro atoms. The smallest absolute Gasteiger partial charge is 0.181 e. The lowest BCUT2D eigenvalue weighted by molar-refractivity contribution is 0.502. The largest absolute Gasteiger partial charge is 0.313 e. The number of hydrogen-bond acceptors (Lipinski definition) is 3. The molecule has 0 heterocycles. The van der Waals surface area contributed by atoms with Crippen molar-refractivity contribution in [3.05, 3.63) is 29.3 Å². The zero-order valence-corrected chi connectivity index (χ0v) is 12.0. The van der Waals surface area contributed by atoms with Crippen molar-refractivity contribution in [2.24, 2.45) is 5.92 Å². The Hall–Kier alpha value is -0.580. The van der Waals surface area contributed by atoms with Crippen LogP contribution in [0.2, 0.25) is 5.02 Å². The molecule has 1 saturated carbocycles. The van der Waals surface area contributed by atoms with Gasteiger partial charge in [0.25, 0.3) is 0 Å². The van der Waals surface area contributed by atoms with Crippen molar-refractivity contribution in [3.8, 4) is 0 Å². The number of hydrogen-bond donors (Lipinski definition) is 1. The molecule has 5 heteroatoms. The van der Waals surface area contributed by atoms with Gasteiger partial charge in [0.05, 0.1) is 15.7 Å². The van der Waals surface area contributed by atoms with Crippen LogP contribution in [0.3, 0.4) is 0 Å². The van der Waals surface area contributed by atoms with Gasteiger partial charge in [0.1, 0.15) is 0 Å². The van der Waals surface area contributed by atoms with Crippen LogP contribution in [0, 0.1) is 5.92 Å². The third-order valence-corrected chi connectivity index (χ3v) is 5.49. The van der Waals surface area contributed by atoms with Gasteiger partial charge < -0.3 is 5.32 Å². The molecule has 2 rings (SSSR count). The highest BCUT2D eigenvalue weighted by atomic mass is 35.5. The molecule has 3 nitrogen and oxygen atoms in total. The lowest BCUT2D eigenvalue weighted by Gasteiger charge is -2.17. The molecule has 1 aromatic carbocycles. The minimum atomic E-state index is -3.31. The first kappa shape index (κ1) is 13.8. The molecule has 1 unspecified atom stereocenters. The first-order valence-corrected chi connectivity index (χ1v) is 8.28. The van der Waals surface area contributed by atoms with E-state index in [0.717, 1.165) is 19.4 Å². The van der Waals surface area contributed by atoms with Gasteiger partial charge in [-0.15, -0.1) is 0 Å². The van der Waals surface area contributed by atoms with Gasteiger partial charge in [-0.25, -0.2) is 8.42 Å². The molecule has 18 heavy (non-hydrogen) atoms. The Balaban J connectivity index is 2.18. The predicted octanol–water partition coefficient (Wildman–Crippen LogP) is 2.50. The Morgan fingerprint density at radius 3 is 2.61 bits per heavy atom. The van der Waals surface area contributed by atoms with E-state index in [1.54, 1.807) is 24.3 Å². The normalized spacial score (nSPS) is 17.7. The fourth-order valence-electron chi connectivity index (χ4n) is 2.15. The second kappa shape index (κ2) is 5.59. The van der Waals surface area contributed by atoms with Crippen LogP contribution in [-0.4, -0.2) is 26.8 Å². The average Bonchev–Trinajstić information content (AvgIpc) is 3.12. The molecular weight excluding hydrogens is 270 g/mol. The minimum absolute atomic E-state index is 0.0521. The zero-order chi connectivity index (χ0) is 13.2. The molecule has 0 radical (unpaired) electrons. The van der Waals surface area contributed by atoms with Gasteiger partial charge in [0, 0.05) is 6.04 Å². The molecule has 1 aliphatic carbocycles. The molecule has 1 atom stereocenters. The highest BCUT2D eigenvalue weighted by molar-refractivity contribution is 7.91. The molecular formula is C13H18ClNO2S. The standard InChI is InChI=1S/C13H18ClNO2S/c1-2-15-12(10-7-8-10)9-18(16,17)13-6-4-3-5-11(13)14/h3-6,10,12,15H,2,7-9H2,1H3. The van der Waals surface area contributed by atoms with Crippen LogP contribution < -0.4 is 5.32 Å². The van der Waals surface area contributed by atoms with E-state index in [0.29, 0.717) is 10.9 Å². The number of halogens is 1. The second-order valence-corrected chi connectivity index (χ2v) is 7.12. The molecule has 1 aliphatic rings. The van der Waals surface area contributed by atoms with E-state index >= 15 is 0 Å². The van der Waals surface area contributed by atoms with Gasteiger partial charge in [0.2, 0.25) is 0 Å². The fourth-order valence-corrected chi connectivity index (χ4v) is 4.33. The van der Waals surface area contributed by atoms with Crippen LogP contribution >= 0.6 is 11.6 Å². The SMILES string of the molecule is CCNC(CS(=O)(=O)c1ccccc1Cl)C1CC1. The molecule has 1 aromatic rings. The lowest BCUT2D eigenvalue weighted by Crippen LogP contribution is -2.37. The van der Waals surface area contributed by atoms with Gasteiger partial charge in [-0.05, 0) is 37.4 Å². The quantitative estimate of drug-likeness (QED) is 0.874. The van der Waals surface area contributed by atoms with E-state index in [1.165, 1.54) is 0 Å². The summed E-state index contributed by atoms with van der Waals surface area (Å²) < 4.78 is 24.7. The third-order valence-electron chi connectivity index (χ3n) is 3.23. The number of nitrogens with one attached hydrogen (secondary N) is 1. The van der Waals surface area contributed by atoms with E-state index < -0.39 is 9.84 Å². The van der Waals surface area contributed by atoms with E-state index in [1.807, 2.05) is 6.92 Å². The van der Waals surface area contributed by atoms with Gasteiger partial charge in [0.15, 0.2) is 9.84 Å². The summed E-state index contributed by atoms with van der Waals surface area (Å²) in [6.45, 7) is 2.79. The zero-order valence-electron chi connectivity index (χ0n) is 10.4. The molecule has 0 bridgehead atoms. The van der Waals surface area contributed by atoms with Crippen LogP contribution in [0.5, 0.6) is 0 Å². The minimum Gasteiger partial charge on any atom is -0.313 e. The number of benzene rings is 1. The summed E-state index contributed by atoms with van der Waals surface area (Å²) in [6, 6.07) is 6.69. The lowest BCUT2D eigenvalue weighted by atomic mass is 10.2. The van der Waals surface area contributed by atoms with Crippen LogP contribution in [-0.2, 0) is 9.84 Å². The summed E-state index contributed by atoms with van der Waals surface area (Å²) in [4.78, 5) is 0.246. The molecule has 0 aliphatic heterocycles. The fraction of sp³-hybridized carbons (Fsp3) is 0.538. The number of sulfone groups is 1. The van der Waals surface area contributed by atoms with Crippen molar-refractivity contribution in [3.63, 3.8) is 0 Å². The Morgan fingerprint density at radius 1 is 1.39 bits per heavy atom. The molecule has 100 valence electrons. The number of rotatable bonds is 6. The highest BCUT2D eigenvalue weighted by Crippen LogP contribution is 2.34. The summed E-state index contributed by atoms with van der Waals surface area (Å²) in [7, 11) is -3.31. The maximum Gasteiger partial charge on any atom is 0.181 e. The molecule has 0 aromatic heterocycles. The van der Waals surface area contributed by atoms with Crippen molar-refractivity contribution >= 4 is 21.4 Å². The van der Waals surface area contributed by atoms with Crippen molar-refractivity contribution < 1.29 is 8.42 Å². The van der Waals surface area contributed by atoms with E-state index in [-0.39, 0.29) is 16.7 Å². The summed E-state index contributed by atoms with van der Waals surface area (Å²) in [5, 5.41) is 3.58. The maximum absolute atomic E-state index is 12.3. The molecule has 1 fully saturated rings. The summed E-state index contributed by atoms with van der Waals surface area (Å²) in [5.41, 5.74) is 0. The van der Waals surface area contributed by atoms with E-state index in [4.69, 9.17) is 11.6 Å². The first-order valence-electron chi connectivity index (χ1n) is 6.25. The summed E-state index contributed by atoms with van der Waals surface area (Å²) in [6.07, 6.45) is 2.24. The van der Waals surface area contributed by atoms with Crippen LogP contribution in [0.1, 0.15) is 19.8 Å². The Kier molecular flexibility index (Phi) is 4.30. The highest BCUT2D eigenvalue weighted by Gasteiger charge is 2.34. The molecule has 1 N–H and O–H groups in total. The van der Waals surface area contributed by atoms with Crippen LogP contribution in [0.15, 0.2) is 29.2 Å². The van der Waals surface area contributed by atoms with E-state index in [2.05, 4.69) is 5.32 Å². The van der Waals surface area contributed by atoms with Crippen molar-refractivity contribution in [2.45, 2.75) is 30.7 Å². The van der Waals surface area contributed by atoms with Crippen molar-refractivity contribution in [1.29, 1.82) is 0 Å². The van der Waals surface area contributed by atoms with Crippen LogP contribution in [0.25, 0.3) is 0 Å². The first-order chi connectivity index (χ1) is 8.54. The topological polar surface area (TPSA) is 46.2 Å². The third kappa shape index (κ3) is 3.25. The van der Waals surface area contributed by atoms with Gasteiger partial charge in [-0.1, -0.05) is 30.7 Å². The summed E-state index contributed by atoms with van der Waals surface area (Å²) >= 11 is 5.96. The summed E-state index contributed by atoms with van der Waals surface area (Å²) in [5.74, 6) is 0.636. The van der Waals surface area contributed by atoms with Crippen molar-refractivity contribution in [2.75, 3.05) is 12.3 Å². The second-order valence-electron chi connectivity index (χ2n) is 4.71. The Bertz CT molecular complexity index is 511. The van der Waals surface area contributed by atoms with Gasteiger partial charge >= 0.3 is 0 Å².